The average Bonchev–Trinajstić information content (AvgIpc) is 3.03. The molecule has 1 aromatic heterocycles. The largest absolute Gasteiger partial charge is 0.350 e. The van der Waals surface area contributed by atoms with Crippen molar-refractivity contribution < 1.29 is 14.1 Å². The Hall–Kier alpha value is -2.35. The Labute approximate surface area is 151 Å². The summed E-state index contributed by atoms with van der Waals surface area (Å²) in [6.45, 7) is 3.54. The first-order valence-corrected chi connectivity index (χ1v) is 9.32. The third-order valence-corrected chi connectivity index (χ3v) is 4.16. The summed E-state index contributed by atoms with van der Waals surface area (Å²) in [5.74, 6) is 1.47. The number of nitrogens with zero attached hydrogens (tertiary/aromatic N) is 2. The molecule has 8 heteroatoms. The van der Waals surface area contributed by atoms with Crippen LogP contribution in [-0.2, 0) is 16.1 Å². The highest BCUT2D eigenvalue weighted by Crippen LogP contribution is 2.16. The van der Waals surface area contributed by atoms with E-state index in [1.807, 2.05) is 30.5 Å². The molecule has 2 amide bonds. The maximum absolute atomic E-state index is 12.3. The van der Waals surface area contributed by atoms with Crippen LogP contribution in [-0.4, -0.2) is 40.0 Å². The van der Waals surface area contributed by atoms with Crippen molar-refractivity contribution in [3.05, 3.63) is 35.7 Å². The molecule has 25 heavy (non-hydrogen) atoms. The number of hydrogen-bond acceptors (Lipinski definition) is 6. The van der Waals surface area contributed by atoms with Crippen LogP contribution in [0.2, 0.25) is 0 Å². The van der Waals surface area contributed by atoms with E-state index in [0.717, 1.165) is 16.9 Å². The topological polar surface area (TPSA) is 97.1 Å². The third kappa shape index (κ3) is 5.90. The first-order chi connectivity index (χ1) is 12.0. The summed E-state index contributed by atoms with van der Waals surface area (Å²) in [6.07, 6.45) is 2.57. The number of nitrogens with one attached hydrogen (secondary N) is 2. The zero-order valence-electron chi connectivity index (χ0n) is 14.5. The van der Waals surface area contributed by atoms with Gasteiger partial charge in [0.15, 0.2) is 0 Å². The standard InChI is InChI=1S/C17H22N4O3S/c1-11(22)19-15(8-9-25-3)17(23)18-10-13-4-6-14(7-5-13)16-20-12(2)24-21-16/h4-7,15H,8-10H2,1-3H3,(H,18,23)(H,19,22)/t15-/m0/s1. The summed E-state index contributed by atoms with van der Waals surface area (Å²) >= 11 is 1.64. The molecular weight excluding hydrogens is 340 g/mol. The normalized spacial score (nSPS) is 11.8. The van der Waals surface area contributed by atoms with Gasteiger partial charge in [-0.25, -0.2) is 0 Å². The average molecular weight is 362 g/mol. The zero-order valence-corrected chi connectivity index (χ0v) is 15.4. The van der Waals surface area contributed by atoms with Gasteiger partial charge in [0.05, 0.1) is 0 Å². The molecule has 1 aromatic carbocycles. The molecule has 0 saturated heterocycles. The van der Waals surface area contributed by atoms with E-state index in [9.17, 15) is 9.59 Å². The fourth-order valence-electron chi connectivity index (χ4n) is 2.25. The summed E-state index contributed by atoms with van der Waals surface area (Å²) in [4.78, 5) is 27.7. The number of benzene rings is 1. The molecule has 2 aromatic rings. The number of thioether (sulfide) groups is 1. The number of carbonyl (C=O) groups excluding carboxylic acids is 2. The predicted octanol–water partition coefficient (Wildman–Crippen LogP) is 1.92. The number of hydrogen-bond donors (Lipinski definition) is 2. The maximum Gasteiger partial charge on any atom is 0.242 e. The molecule has 7 nitrogen and oxygen atoms in total. The van der Waals surface area contributed by atoms with Gasteiger partial charge in [-0.3, -0.25) is 9.59 Å². The van der Waals surface area contributed by atoms with Crippen LogP contribution in [0.15, 0.2) is 28.8 Å². The van der Waals surface area contributed by atoms with Crippen molar-refractivity contribution in [1.82, 2.24) is 20.8 Å². The molecule has 0 bridgehead atoms. The van der Waals surface area contributed by atoms with Gasteiger partial charge >= 0.3 is 0 Å². The van der Waals surface area contributed by atoms with E-state index in [1.54, 1.807) is 18.7 Å². The van der Waals surface area contributed by atoms with Gasteiger partial charge in [-0.15, -0.1) is 0 Å². The second-order valence-electron chi connectivity index (χ2n) is 5.59. The number of carbonyl (C=O) groups is 2. The van der Waals surface area contributed by atoms with Gasteiger partial charge < -0.3 is 15.2 Å². The Morgan fingerprint density at radius 2 is 2.00 bits per heavy atom. The molecule has 0 fully saturated rings. The van der Waals surface area contributed by atoms with Crippen LogP contribution < -0.4 is 10.6 Å². The van der Waals surface area contributed by atoms with E-state index in [4.69, 9.17) is 4.52 Å². The Morgan fingerprint density at radius 3 is 2.56 bits per heavy atom. The van der Waals surface area contributed by atoms with Crippen LogP contribution in [0.5, 0.6) is 0 Å². The van der Waals surface area contributed by atoms with Gasteiger partial charge in [0.1, 0.15) is 6.04 Å². The molecule has 134 valence electrons. The summed E-state index contributed by atoms with van der Waals surface area (Å²) in [5.41, 5.74) is 1.80. The van der Waals surface area contributed by atoms with Crippen molar-refractivity contribution in [3.63, 3.8) is 0 Å². The summed E-state index contributed by atoms with van der Waals surface area (Å²) in [7, 11) is 0. The monoisotopic (exact) mass is 362 g/mol. The Morgan fingerprint density at radius 1 is 1.28 bits per heavy atom. The molecule has 0 aliphatic rings. The molecule has 1 atom stereocenters. The van der Waals surface area contributed by atoms with Gasteiger partial charge in [-0.05, 0) is 24.0 Å². The van der Waals surface area contributed by atoms with Crippen LogP contribution >= 0.6 is 11.8 Å². The molecule has 0 aliphatic carbocycles. The number of aryl methyl sites for hydroxylation is 1. The lowest BCUT2D eigenvalue weighted by Gasteiger charge is -2.17. The van der Waals surface area contributed by atoms with Gasteiger partial charge in [0, 0.05) is 26.0 Å². The molecule has 0 spiro atoms. The first kappa shape index (κ1) is 19.0. The van der Waals surface area contributed by atoms with Crippen molar-refractivity contribution in [1.29, 1.82) is 0 Å². The van der Waals surface area contributed by atoms with Crippen LogP contribution in [0, 0.1) is 6.92 Å². The second-order valence-corrected chi connectivity index (χ2v) is 6.57. The molecular formula is C17H22N4O3S. The smallest absolute Gasteiger partial charge is 0.242 e. The van der Waals surface area contributed by atoms with Crippen LogP contribution in [0.25, 0.3) is 11.4 Å². The van der Waals surface area contributed by atoms with Crippen molar-refractivity contribution in [2.45, 2.75) is 32.9 Å². The van der Waals surface area contributed by atoms with E-state index in [1.165, 1.54) is 6.92 Å². The van der Waals surface area contributed by atoms with E-state index in [-0.39, 0.29) is 11.8 Å². The Bertz CT molecular complexity index is 715. The van der Waals surface area contributed by atoms with E-state index >= 15 is 0 Å². The number of amides is 2. The van der Waals surface area contributed by atoms with Gasteiger partial charge in [0.2, 0.25) is 23.5 Å². The first-order valence-electron chi connectivity index (χ1n) is 7.93. The van der Waals surface area contributed by atoms with Crippen LogP contribution in [0.4, 0.5) is 0 Å². The minimum Gasteiger partial charge on any atom is -0.350 e. The summed E-state index contributed by atoms with van der Waals surface area (Å²) in [5, 5.41) is 9.43. The highest BCUT2D eigenvalue weighted by Gasteiger charge is 2.18. The third-order valence-electron chi connectivity index (χ3n) is 3.51. The highest BCUT2D eigenvalue weighted by atomic mass is 32.2. The molecule has 0 radical (unpaired) electrons. The Kier molecular flexibility index (Phi) is 7.00. The lowest BCUT2D eigenvalue weighted by molar-refractivity contribution is -0.128. The summed E-state index contributed by atoms with van der Waals surface area (Å²) < 4.78 is 4.96. The van der Waals surface area contributed by atoms with Crippen LogP contribution in [0.1, 0.15) is 24.8 Å². The zero-order chi connectivity index (χ0) is 18.2. The van der Waals surface area contributed by atoms with Gasteiger partial charge in [-0.2, -0.15) is 16.7 Å². The second kappa shape index (κ2) is 9.22. The molecule has 2 rings (SSSR count). The van der Waals surface area contributed by atoms with Crippen molar-refractivity contribution in [2.75, 3.05) is 12.0 Å². The fourth-order valence-corrected chi connectivity index (χ4v) is 2.72. The number of aromatic nitrogens is 2. The Balaban J connectivity index is 1.92. The maximum atomic E-state index is 12.3. The van der Waals surface area contributed by atoms with E-state index in [0.29, 0.717) is 24.7 Å². The number of rotatable bonds is 8. The van der Waals surface area contributed by atoms with E-state index < -0.39 is 6.04 Å². The quantitative estimate of drug-likeness (QED) is 0.745. The van der Waals surface area contributed by atoms with Crippen molar-refractivity contribution >= 4 is 23.6 Å². The van der Waals surface area contributed by atoms with Crippen LogP contribution in [0.3, 0.4) is 0 Å². The lowest BCUT2D eigenvalue weighted by atomic mass is 10.1. The van der Waals surface area contributed by atoms with Crippen molar-refractivity contribution in [3.8, 4) is 11.4 Å². The minimum absolute atomic E-state index is 0.179. The molecule has 2 N–H and O–H groups in total. The predicted molar refractivity (Wildman–Crippen MR) is 96.9 cm³/mol. The van der Waals surface area contributed by atoms with E-state index in [2.05, 4.69) is 20.8 Å². The molecule has 1 heterocycles. The lowest BCUT2D eigenvalue weighted by Crippen LogP contribution is -2.46. The van der Waals surface area contributed by atoms with Gasteiger partial charge in [0.25, 0.3) is 0 Å². The molecule has 0 aliphatic heterocycles. The van der Waals surface area contributed by atoms with Gasteiger partial charge in [-0.1, -0.05) is 29.4 Å². The minimum atomic E-state index is -0.508. The SMILES string of the molecule is CSCC[C@H](NC(C)=O)C(=O)NCc1ccc(-c2noc(C)n2)cc1. The summed E-state index contributed by atoms with van der Waals surface area (Å²) in [6, 6.07) is 7.05. The molecule has 0 unspecified atom stereocenters. The van der Waals surface area contributed by atoms with Crippen molar-refractivity contribution in [2.24, 2.45) is 0 Å². The highest BCUT2D eigenvalue weighted by molar-refractivity contribution is 7.98. The fraction of sp³-hybridized carbons (Fsp3) is 0.412. The molecule has 0 saturated carbocycles.